The van der Waals surface area contributed by atoms with Gasteiger partial charge in [-0.05, 0) is 63.1 Å². The quantitative estimate of drug-likeness (QED) is 0.466. The molecule has 4 rings (SSSR count). The predicted molar refractivity (Wildman–Crippen MR) is 133 cm³/mol. The maximum absolute atomic E-state index is 12.9. The molecule has 0 aliphatic carbocycles. The molecule has 1 aromatic heterocycles. The first-order valence-corrected chi connectivity index (χ1v) is 12.1. The molecule has 0 N–H and O–H groups in total. The Hall–Kier alpha value is -4.01. The summed E-state index contributed by atoms with van der Waals surface area (Å²) < 4.78 is 10.9. The molecule has 1 saturated heterocycles. The summed E-state index contributed by atoms with van der Waals surface area (Å²) in [5, 5.41) is 8.26. The Kier molecular flexibility index (Phi) is 7.77. The van der Waals surface area contributed by atoms with Gasteiger partial charge in [0.15, 0.2) is 0 Å². The van der Waals surface area contributed by atoms with Crippen molar-refractivity contribution >= 4 is 17.8 Å². The second kappa shape index (κ2) is 11.2. The van der Waals surface area contributed by atoms with Crippen LogP contribution in [0.2, 0.25) is 0 Å². The molecule has 3 aromatic rings. The minimum Gasteiger partial charge on any atom is -0.466 e. The van der Waals surface area contributed by atoms with Crippen LogP contribution in [0.4, 0.5) is 0 Å². The van der Waals surface area contributed by atoms with E-state index in [9.17, 15) is 14.4 Å². The molecule has 1 fully saturated rings. The van der Waals surface area contributed by atoms with Gasteiger partial charge in [0.1, 0.15) is 0 Å². The molecular weight excluding hydrogens is 460 g/mol. The fourth-order valence-electron chi connectivity index (χ4n) is 4.21. The number of aromatic nitrogens is 2. The molecule has 0 atom stereocenters. The lowest BCUT2D eigenvalue weighted by Gasteiger charge is -2.32. The molecule has 1 aliphatic rings. The second-order valence-corrected chi connectivity index (χ2v) is 8.93. The highest BCUT2D eigenvalue weighted by molar-refractivity contribution is 5.96. The van der Waals surface area contributed by atoms with Gasteiger partial charge in [0, 0.05) is 36.8 Å². The number of hydrogen-bond acceptors (Lipinski definition) is 7. The number of hydrogen-bond donors (Lipinski definition) is 0. The van der Waals surface area contributed by atoms with E-state index in [1.807, 2.05) is 31.2 Å². The summed E-state index contributed by atoms with van der Waals surface area (Å²) >= 11 is 0. The summed E-state index contributed by atoms with van der Waals surface area (Å²) in [5.41, 5.74) is 3.09. The zero-order valence-corrected chi connectivity index (χ0v) is 20.8. The van der Waals surface area contributed by atoms with Gasteiger partial charge in [-0.3, -0.25) is 14.4 Å². The Morgan fingerprint density at radius 1 is 1.03 bits per heavy atom. The lowest BCUT2D eigenvalue weighted by atomic mass is 9.97. The van der Waals surface area contributed by atoms with Crippen LogP contribution in [-0.2, 0) is 14.3 Å². The average molecular weight is 491 g/mol. The third kappa shape index (κ3) is 5.79. The zero-order valence-electron chi connectivity index (χ0n) is 20.8. The maximum Gasteiger partial charge on any atom is 0.309 e. The highest BCUT2D eigenvalue weighted by atomic mass is 16.5. The van der Waals surface area contributed by atoms with E-state index in [4.69, 9.17) is 9.15 Å². The molecule has 0 unspecified atom stereocenters. The molecule has 1 aliphatic heterocycles. The fourth-order valence-corrected chi connectivity index (χ4v) is 4.21. The maximum atomic E-state index is 12.9. The summed E-state index contributed by atoms with van der Waals surface area (Å²) in [4.78, 5) is 40.6. The van der Waals surface area contributed by atoms with Gasteiger partial charge in [-0.1, -0.05) is 17.7 Å². The number of piperidine rings is 1. The largest absolute Gasteiger partial charge is 0.466 e. The fraction of sp³-hybridized carbons (Fsp3) is 0.370. The molecule has 2 amide bonds. The number of ether oxygens (including phenoxy) is 1. The van der Waals surface area contributed by atoms with Crippen LogP contribution in [-0.4, -0.2) is 71.1 Å². The second-order valence-electron chi connectivity index (χ2n) is 8.93. The number of esters is 1. The molecule has 188 valence electrons. The van der Waals surface area contributed by atoms with Crippen LogP contribution < -0.4 is 0 Å². The van der Waals surface area contributed by atoms with Gasteiger partial charge in [0.2, 0.25) is 17.7 Å². The third-order valence-corrected chi connectivity index (χ3v) is 6.26. The molecule has 0 bridgehead atoms. The number of carbonyl (C=O) groups is 3. The minimum absolute atomic E-state index is 0.0336. The van der Waals surface area contributed by atoms with Gasteiger partial charge in [0.25, 0.3) is 5.91 Å². The molecule has 9 nitrogen and oxygen atoms in total. The van der Waals surface area contributed by atoms with Crippen molar-refractivity contribution in [2.75, 3.05) is 33.3 Å². The van der Waals surface area contributed by atoms with Crippen LogP contribution in [0.1, 0.15) is 35.7 Å². The first-order valence-electron chi connectivity index (χ1n) is 12.1. The monoisotopic (exact) mass is 490 g/mol. The zero-order chi connectivity index (χ0) is 25.7. The number of aryl methyl sites for hydroxylation is 1. The highest BCUT2D eigenvalue weighted by Gasteiger charge is 2.29. The van der Waals surface area contributed by atoms with Gasteiger partial charge in [0.05, 0.1) is 19.1 Å². The normalized spacial score (nSPS) is 13.9. The number of nitrogens with zero attached hydrogens (tertiary/aromatic N) is 4. The van der Waals surface area contributed by atoms with Crippen LogP contribution in [0.25, 0.3) is 22.9 Å². The Morgan fingerprint density at radius 3 is 2.33 bits per heavy atom. The third-order valence-electron chi connectivity index (χ3n) is 6.26. The Morgan fingerprint density at radius 2 is 1.69 bits per heavy atom. The summed E-state index contributed by atoms with van der Waals surface area (Å²) in [6.45, 7) is 5.06. The molecule has 36 heavy (non-hydrogen) atoms. The van der Waals surface area contributed by atoms with Crippen LogP contribution >= 0.6 is 0 Å². The summed E-state index contributed by atoms with van der Waals surface area (Å²) in [7, 11) is 1.60. The van der Waals surface area contributed by atoms with Gasteiger partial charge in [-0.25, -0.2) is 0 Å². The average Bonchev–Trinajstić information content (AvgIpc) is 3.39. The molecule has 0 spiro atoms. The Labute approximate surface area is 210 Å². The van der Waals surface area contributed by atoms with Crippen molar-refractivity contribution in [3.63, 3.8) is 0 Å². The van der Waals surface area contributed by atoms with Gasteiger partial charge < -0.3 is 19.0 Å². The number of benzene rings is 2. The first kappa shape index (κ1) is 25.1. The van der Waals surface area contributed by atoms with E-state index in [1.54, 1.807) is 43.1 Å². The van der Waals surface area contributed by atoms with E-state index < -0.39 is 0 Å². The van der Waals surface area contributed by atoms with Crippen molar-refractivity contribution in [2.24, 2.45) is 5.92 Å². The van der Waals surface area contributed by atoms with E-state index in [0.29, 0.717) is 55.4 Å². The number of amides is 2. The van der Waals surface area contributed by atoms with E-state index in [1.165, 1.54) is 4.90 Å². The van der Waals surface area contributed by atoms with Crippen molar-refractivity contribution in [2.45, 2.75) is 26.7 Å². The molecule has 2 aromatic carbocycles. The SMILES string of the molecule is CCOC(=O)C1CCN(C(=O)CN(C)C(=O)c2ccc(-c3nnc(-c4cccc(C)c4)o3)cc2)CC1. The molecule has 2 heterocycles. The molecule has 0 radical (unpaired) electrons. The van der Waals surface area contributed by atoms with Crippen molar-refractivity contribution in [3.05, 3.63) is 59.7 Å². The molecular formula is C27H30N4O5. The van der Waals surface area contributed by atoms with Crippen molar-refractivity contribution < 1.29 is 23.5 Å². The van der Waals surface area contributed by atoms with Crippen LogP contribution in [0.3, 0.4) is 0 Å². The lowest BCUT2D eigenvalue weighted by molar-refractivity contribution is -0.151. The van der Waals surface area contributed by atoms with E-state index in [0.717, 1.165) is 11.1 Å². The van der Waals surface area contributed by atoms with Crippen molar-refractivity contribution in [1.29, 1.82) is 0 Å². The van der Waals surface area contributed by atoms with Crippen molar-refractivity contribution in [3.8, 4) is 22.9 Å². The predicted octanol–water partition coefficient (Wildman–Crippen LogP) is 3.59. The number of carbonyl (C=O) groups excluding carboxylic acids is 3. The Bertz CT molecular complexity index is 1230. The van der Waals surface area contributed by atoms with E-state index in [-0.39, 0.29) is 30.2 Å². The van der Waals surface area contributed by atoms with E-state index in [2.05, 4.69) is 10.2 Å². The van der Waals surface area contributed by atoms with Crippen LogP contribution in [0.5, 0.6) is 0 Å². The van der Waals surface area contributed by atoms with Crippen LogP contribution in [0, 0.1) is 12.8 Å². The summed E-state index contributed by atoms with van der Waals surface area (Å²) in [6, 6.07) is 14.7. The number of rotatable bonds is 7. The molecule has 9 heteroatoms. The topological polar surface area (TPSA) is 106 Å². The van der Waals surface area contributed by atoms with Crippen molar-refractivity contribution in [1.82, 2.24) is 20.0 Å². The summed E-state index contributed by atoms with van der Waals surface area (Å²) in [5.74, 6) is 0.0196. The number of likely N-dealkylation sites (tertiary alicyclic amines) is 1. The smallest absolute Gasteiger partial charge is 0.309 e. The molecule has 0 saturated carbocycles. The lowest BCUT2D eigenvalue weighted by Crippen LogP contribution is -2.45. The first-order chi connectivity index (χ1) is 17.4. The van der Waals surface area contributed by atoms with Crippen LogP contribution in [0.15, 0.2) is 52.9 Å². The highest BCUT2D eigenvalue weighted by Crippen LogP contribution is 2.25. The van der Waals surface area contributed by atoms with E-state index >= 15 is 0 Å². The van der Waals surface area contributed by atoms with Gasteiger partial charge in [-0.2, -0.15) is 0 Å². The van der Waals surface area contributed by atoms with Gasteiger partial charge in [-0.15, -0.1) is 10.2 Å². The standard InChI is InChI=1S/C27H30N4O5/c1-4-35-27(34)21-12-14-31(15-13-21)23(32)17-30(3)26(33)20-10-8-19(9-11-20)24-28-29-25(36-24)22-7-5-6-18(2)16-22/h5-11,16,21H,4,12-15,17H2,1-3H3. The minimum atomic E-state index is -0.262. The van der Waals surface area contributed by atoms with Gasteiger partial charge >= 0.3 is 5.97 Å². The Balaban J connectivity index is 1.33. The summed E-state index contributed by atoms with van der Waals surface area (Å²) in [6.07, 6.45) is 1.15. The number of likely N-dealkylation sites (N-methyl/N-ethyl adjacent to an activating group) is 1.